The summed E-state index contributed by atoms with van der Waals surface area (Å²) in [6.07, 6.45) is 5.21. The van der Waals surface area contributed by atoms with Crippen molar-refractivity contribution in [3.05, 3.63) is 42.5 Å². The van der Waals surface area contributed by atoms with E-state index in [1.165, 1.54) is 0 Å². The maximum absolute atomic E-state index is 8.84. The summed E-state index contributed by atoms with van der Waals surface area (Å²) in [6.45, 7) is 1.91. The number of aliphatic hydroxyl groups is 1. The van der Waals surface area contributed by atoms with Crippen LogP contribution < -0.4 is 9.64 Å². The number of ether oxygens (including phenoxy) is 1. The van der Waals surface area contributed by atoms with Crippen LogP contribution in [0.3, 0.4) is 0 Å². The van der Waals surface area contributed by atoms with Crippen LogP contribution in [0.25, 0.3) is 11.1 Å². The second-order valence-electron chi connectivity index (χ2n) is 6.07. The van der Waals surface area contributed by atoms with Crippen molar-refractivity contribution in [3.8, 4) is 5.88 Å². The lowest BCUT2D eigenvalue weighted by Crippen LogP contribution is -2.33. The third-order valence-corrected chi connectivity index (χ3v) is 4.42. The molecule has 0 spiro atoms. The van der Waals surface area contributed by atoms with E-state index in [2.05, 4.69) is 19.9 Å². The maximum Gasteiger partial charge on any atom is 0.234 e. The lowest BCUT2D eigenvalue weighted by atomic mass is 9.97. The fourth-order valence-corrected chi connectivity index (χ4v) is 3.13. The van der Waals surface area contributed by atoms with Gasteiger partial charge >= 0.3 is 0 Å². The highest BCUT2D eigenvalue weighted by Crippen LogP contribution is 2.31. The Bertz CT molecular complexity index is 810. The number of fused-ring (bicyclic) bond motifs is 1. The van der Waals surface area contributed by atoms with Gasteiger partial charge in [0, 0.05) is 19.0 Å². The quantitative estimate of drug-likeness (QED) is 0.763. The molecule has 3 aromatic rings. The molecule has 4 rings (SSSR count). The minimum Gasteiger partial charge on any atom is -0.474 e. The minimum absolute atomic E-state index is 0.0399. The van der Waals surface area contributed by atoms with E-state index in [1.807, 2.05) is 24.3 Å². The minimum atomic E-state index is -0.0399. The maximum atomic E-state index is 8.84. The van der Waals surface area contributed by atoms with Gasteiger partial charge in [0.1, 0.15) is 12.1 Å². The van der Waals surface area contributed by atoms with Gasteiger partial charge in [-0.05, 0) is 25.0 Å². The lowest BCUT2D eigenvalue weighted by molar-refractivity contribution is 0.196. The van der Waals surface area contributed by atoms with Crippen molar-refractivity contribution in [3.63, 3.8) is 0 Å². The van der Waals surface area contributed by atoms with Crippen molar-refractivity contribution in [2.75, 3.05) is 31.2 Å². The number of hydrogen-bond donors (Lipinski definition) is 1. The van der Waals surface area contributed by atoms with Crippen molar-refractivity contribution in [2.45, 2.75) is 18.8 Å². The number of rotatable bonds is 5. The van der Waals surface area contributed by atoms with Crippen LogP contribution in [0.2, 0.25) is 0 Å². The second kappa shape index (κ2) is 7.06. The molecule has 7 nitrogen and oxygen atoms in total. The summed E-state index contributed by atoms with van der Waals surface area (Å²) in [7, 11) is 0. The van der Waals surface area contributed by atoms with Crippen LogP contribution in [-0.4, -0.2) is 46.4 Å². The Morgan fingerprint density at radius 3 is 2.80 bits per heavy atom. The molecule has 1 N–H and O–H groups in total. The first kappa shape index (κ1) is 15.8. The third-order valence-electron chi connectivity index (χ3n) is 4.42. The molecule has 0 saturated carbocycles. The van der Waals surface area contributed by atoms with Gasteiger partial charge < -0.3 is 19.2 Å². The fraction of sp³-hybridized carbons (Fsp3) is 0.389. The first-order valence-electron chi connectivity index (χ1n) is 8.49. The Morgan fingerprint density at radius 1 is 1.16 bits per heavy atom. The predicted octanol–water partition coefficient (Wildman–Crippen LogP) is 2.37. The highest BCUT2D eigenvalue weighted by atomic mass is 16.5. The second-order valence-corrected chi connectivity index (χ2v) is 6.07. The number of oxazole rings is 1. The van der Waals surface area contributed by atoms with Gasteiger partial charge in [-0.15, -0.1) is 0 Å². The average Bonchev–Trinajstić information content (AvgIpc) is 3.11. The SMILES string of the molecule is OCCOc1cncc(N2CCC(c3nc4ccccc4o3)CC2)n1. The molecule has 1 saturated heterocycles. The van der Waals surface area contributed by atoms with Crippen molar-refractivity contribution >= 4 is 16.9 Å². The highest BCUT2D eigenvalue weighted by molar-refractivity contribution is 5.72. The van der Waals surface area contributed by atoms with Crippen LogP contribution in [-0.2, 0) is 0 Å². The summed E-state index contributed by atoms with van der Waals surface area (Å²) in [5.41, 5.74) is 1.76. The predicted molar refractivity (Wildman–Crippen MR) is 92.8 cm³/mol. The molecule has 1 fully saturated rings. The monoisotopic (exact) mass is 340 g/mol. The first-order chi connectivity index (χ1) is 12.3. The Balaban J connectivity index is 1.42. The molecule has 0 atom stereocenters. The molecule has 0 bridgehead atoms. The summed E-state index contributed by atoms with van der Waals surface area (Å²) in [4.78, 5) is 15.5. The Morgan fingerprint density at radius 2 is 2.00 bits per heavy atom. The first-order valence-corrected chi connectivity index (χ1v) is 8.49. The van der Waals surface area contributed by atoms with E-state index >= 15 is 0 Å². The van der Waals surface area contributed by atoms with Crippen LogP contribution in [0.5, 0.6) is 5.88 Å². The normalized spacial score (nSPS) is 15.6. The fourth-order valence-electron chi connectivity index (χ4n) is 3.13. The standard InChI is InChI=1S/C18H20N4O3/c23-9-10-24-17-12-19-11-16(21-17)22-7-5-13(6-8-22)18-20-14-3-1-2-4-15(14)25-18/h1-4,11-13,23H,5-10H2. The molecule has 0 radical (unpaired) electrons. The average molecular weight is 340 g/mol. The Labute approximate surface area is 145 Å². The van der Waals surface area contributed by atoms with Gasteiger partial charge in [-0.25, -0.2) is 4.98 Å². The Hall–Kier alpha value is -2.67. The summed E-state index contributed by atoms with van der Waals surface area (Å²) in [5, 5.41) is 8.84. The van der Waals surface area contributed by atoms with Gasteiger partial charge in [-0.3, -0.25) is 4.98 Å². The molecular formula is C18H20N4O3. The molecule has 7 heteroatoms. The van der Waals surface area contributed by atoms with Crippen LogP contribution in [0.1, 0.15) is 24.7 Å². The number of hydrogen-bond acceptors (Lipinski definition) is 7. The van der Waals surface area contributed by atoms with Gasteiger partial charge in [0.25, 0.3) is 0 Å². The molecule has 25 heavy (non-hydrogen) atoms. The number of benzene rings is 1. The van der Waals surface area contributed by atoms with Crippen LogP contribution in [0.15, 0.2) is 41.1 Å². The zero-order chi connectivity index (χ0) is 17.1. The molecule has 1 aliphatic heterocycles. The topological polar surface area (TPSA) is 84.5 Å². The number of nitrogens with zero attached hydrogens (tertiary/aromatic N) is 4. The summed E-state index contributed by atoms with van der Waals surface area (Å²) in [6, 6.07) is 7.87. The van der Waals surface area contributed by atoms with Gasteiger partial charge in [-0.2, -0.15) is 4.98 Å². The molecule has 3 heterocycles. The molecule has 0 aliphatic carbocycles. The molecular weight excluding hydrogens is 320 g/mol. The number of para-hydroxylation sites is 2. The third kappa shape index (κ3) is 3.41. The zero-order valence-electron chi connectivity index (χ0n) is 13.8. The number of aliphatic hydroxyl groups excluding tert-OH is 1. The molecule has 1 aromatic carbocycles. The Kier molecular flexibility index (Phi) is 4.47. The van der Waals surface area contributed by atoms with Crippen molar-refractivity contribution in [2.24, 2.45) is 0 Å². The molecule has 2 aromatic heterocycles. The van der Waals surface area contributed by atoms with E-state index in [0.717, 1.165) is 48.7 Å². The molecule has 130 valence electrons. The van der Waals surface area contributed by atoms with E-state index in [4.69, 9.17) is 14.3 Å². The molecule has 0 unspecified atom stereocenters. The van der Waals surface area contributed by atoms with Gasteiger partial charge in [-0.1, -0.05) is 12.1 Å². The lowest BCUT2D eigenvalue weighted by Gasteiger charge is -2.31. The van der Waals surface area contributed by atoms with Crippen molar-refractivity contribution in [1.29, 1.82) is 0 Å². The van der Waals surface area contributed by atoms with Crippen molar-refractivity contribution < 1.29 is 14.3 Å². The molecule has 1 aliphatic rings. The van der Waals surface area contributed by atoms with Crippen LogP contribution in [0, 0.1) is 0 Å². The highest BCUT2D eigenvalue weighted by Gasteiger charge is 2.25. The molecule has 0 amide bonds. The smallest absolute Gasteiger partial charge is 0.234 e. The van der Waals surface area contributed by atoms with Crippen LogP contribution in [0.4, 0.5) is 5.82 Å². The van der Waals surface area contributed by atoms with E-state index < -0.39 is 0 Å². The van der Waals surface area contributed by atoms with E-state index in [1.54, 1.807) is 12.4 Å². The van der Waals surface area contributed by atoms with E-state index in [9.17, 15) is 0 Å². The summed E-state index contributed by atoms with van der Waals surface area (Å²) < 4.78 is 11.2. The number of piperidine rings is 1. The van der Waals surface area contributed by atoms with E-state index in [-0.39, 0.29) is 13.2 Å². The summed E-state index contributed by atoms with van der Waals surface area (Å²) >= 11 is 0. The number of anilines is 1. The summed E-state index contributed by atoms with van der Waals surface area (Å²) in [5.74, 6) is 2.39. The van der Waals surface area contributed by atoms with Gasteiger partial charge in [0.15, 0.2) is 17.3 Å². The largest absolute Gasteiger partial charge is 0.474 e. The van der Waals surface area contributed by atoms with Gasteiger partial charge in [0.2, 0.25) is 5.88 Å². The number of aromatic nitrogens is 3. The van der Waals surface area contributed by atoms with Crippen molar-refractivity contribution in [1.82, 2.24) is 15.0 Å². The van der Waals surface area contributed by atoms with Crippen LogP contribution >= 0.6 is 0 Å². The van der Waals surface area contributed by atoms with Gasteiger partial charge in [0.05, 0.1) is 19.0 Å². The zero-order valence-corrected chi connectivity index (χ0v) is 13.8. The van der Waals surface area contributed by atoms with E-state index in [0.29, 0.717) is 11.8 Å².